The van der Waals surface area contributed by atoms with Gasteiger partial charge < -0.3 is 10.2 Å². The summed E-state index contributed by atoms with van der Waals surface area (Å²) in [7, 11) is 0. The number of benzene rings is 1. The first kappa shape index (κ1) is 15.8. The summed E-state index contributed by atoms with van der Waals surface area (Å²) in [6.07, 6.45) is 0.923. The molecule has 0 radical (unpaired) electrons. The van der Waals surface area contributed by atoms with E-state index in [0.29, 0.717) is 5.75 Å². The van der Waals surface area contributed by atoms with Crippen LogP contribution >= 0.6 is 0 Å². The van der Waals surface area contributed by atoms with Crippen LogP contribution in [0.5, 0.6) is 5.75 Å². The normalized spacial score (nSPS) is 20.1. The molecule has 0 aliphatic carbocycles. The molecule has 1 aromatic rings. The van der Waals surface area contributed by atoms with Gasteiger partial charge in [0.2, 0.25) is 0 Å². The Bertz CT molecular complexity index is 484. The lowest BCUT2D eigenvalue weighted by Crippen LogP contribution is -2.52. The first-order chi connectivity index (χ1) is 10.0. The molecule has 0 aromatic heterocycles. The van der Waals surface area contributed by atoms with Crippen LogP contribution in [0.3, 0.4) is 0 Å². The quantitative estimate of drug-likeness (QED) is 0.868. The number of piperazine rings is 1. The number of hydrogen-bond donors (Lipinski definition) is 2. The van der Waals surface area contributed by atoms with Crippen LogP contribution < -0.4 is 0 Å². The number of carboxylic acids is 1. The number of phenolic OH excluding ortho intramolecular Hbond substituents is 1. The van der Waals surface area contributed by atoms with Crippen molar-refractivity contribution in [3.63, 3.8) is 0 Å². The van der Waals surface area contributed by atoms with Crippen molar-refractivity contribution in [3.05, 3.63) is 29.8 Å². The average Bonchev–Trinajstić information content (AvgIpc) is 2.50. The number of carbonyl (C=O) groups is 1. The Morgan fingerprint density at radius 3 is 2.29 bits per heavy atom. The average molecular weight is 292 g/mol. The van der Waals surface area contributed by atoms with Gasteiger partial charge in [0.15, 0.2) is 0 Å². The summed E-state index contributed by atoms with van der Waals surface area (Å²) in [5.74, 6) is -0.429. The molecule has 2 atom stereocenters. The van der Waals surface area contributed by atoms with Crippen molar-refractivity contribution in [2.45, 2.75) is 32.4 Å². The first-order valence-electron chi connectivity index (χ1n) is 7.53. The zero-order chi connectivity index (χ0) is 15.4. The molecule has 0 bridgehead atoms. The fraction of sp³-hybridized carbons (Fsp3) is 0.562. The van der Waals surface area contributed by atoms with Crippen molar-refractivity contribution in [2.24, 2.45) is 0 Å². The standard InChI is InChI=1S/C16H24N2O3/c1-3-14(13-6-4-5-7-15(13)19)18-10-8-17(9-11-18)12(2)16(20)21/h4-7,12,14,19H,3,8-11H2,1-2H3,(H,20,21). The second kappa shape index (κ2) is 6.91. The van der Waals surface area contributed by atoms with Gasteiger partial charge in [0.1, 0.15) is 11.8 Å². The maximum absolute atomic E-state index is 11.0. The van der Waals surface area contributed by atoms with E-state index in [1.165, 1.54) is 0 Å². The summed E-state index contributed by atoms with van der Waals surface area (Å²) in [5.41, 5.74) is 0.958. The molecule has 0 spiro atoms. The van der Waals surface area contributed by atoms with Crippen molar-refractivity contribution < 1.29 is 15.0 Å². The second-order valence-electron chi connectivity index (χ2n) is 5.57. The number of phenols is 1. The van der Waals surface area contributed by atoms with E-state index in [1.54, 1.807) is 13.0 Å². The van der Waals surface area contributed by atoms with Crippen molar-refractivity contribution in [1.82, 2.24) is 9.80 Å². The van der Waals surface area contributed by atoms with Crippen LogP contribution in [0.2, 0.25) is 0 Å². The highest BCUT2D eigenvalue weighted by Gasteiger charge is 2.29. The summed E-state index contributed by atoms with van der Waals surface area (Å²) in [6, 6.07) is 7.22. The van der Waals surface area contributed by atoms with Gasteiger partial charge >= 0.3 is 5.97 Å². The van der Waals surface area contributed by atoms with Crippen LogP contribution in [0.4, 0.5) is 0 Å². The van der Waals surface area contributed by atoms with E-state index in [-0.39, 0.29) is 6.04 Å². The zero-order valence-corrected chi connectivity index (χ0v) is 12.7. The largest absolute Gasteiger partial charge is 0.508 e. The molecule has 2 N–H and O–H groups in total. The molecule has 1 aliphatic rings. The van der Waals surface area contributed by atoms with Gasteiger partial charge in [-0.2, -0.15) is 0 Å². The van der Waals surface area contributed by atoms with E-state index >= 15 is 0 Å². The SMILES string of the molecule is CCC(c1ccccc1O)N1CCN(C(C)C(=O)O)CC1. The smallest absolute Gasteiger partial charge is 0.320 e. The molecule has 2 unspecified atom stereocenters. The molecule has 116 valence electrons. The minimum atomic E-state index is -0.767. The van der Waals surface area contributed by atoms with Crippen LogP contribution in [0.25, 0.3) is 0 Å². The lowest BCUT2D eigenvalue weighted by atomic mass is 10.0. The van der Waals surface area contributed by atoms with Gasteiger partial charge in [-0.1, -0.05) is 25.1 Å². The molecule has 1 saturated heterocycles. The van der Waals surface area contributed by atoms with E-state index in [2.05, 4.69) is 11.8 Å². The van der Waals surface area contributed by atoms with E-state index in [4.69, 9.17) is 5.11 Å². The van der Waals surface area contributed by atoms with Gasteiger partial charge in [-0.25, -0.2) is 0 Å². The second-order valence-corrected chi connectivity index (χ2v) is 5.57. The molecule has 1 fully saturated rings. The number of carboxylic acid groups (broad SMARTS) is 1. The van der Waals surface area contributed by atoms with Gasteiger partial charge in [-0.3, -0.25) is 14.6 Å². The minimum absolute atomic E-state index is 0.188. The third-order valence-corrected chi connectivity index (χ3v) is 4.38. The fourth-order valence-corrected chi connectivity index (χ4v) is 3.04. The molecule has 1 heterocycles. The summed E-state index contributed by atoms with van der Waals surface area (Å²) in [4.78, 5) is 15.4. The van der Waals surface area contributed by atoms with Crippen LogP contribution in [-0.4, -0.2) is 58.2 Å². The van der Waals surface area contributed by atoms with Crippen molar-refractivity contribution in [1.29, 1.82) is 0 Å². The molecular weight excluding hydrogens is 268 g/mol. The number of nitrogens with zero attached hydrogens (tertiary/aromatic N) is 2. The summed E-state index contributed by atoms with van der Waals surface area (Å²) >= 11 is 0. The molecule has 0 saturated carbocycles. The summed E-state index contributed by atoms with van der Waals surface area (Å²) < 4.78 is 0. The Labute approximate surface area is 125 Å². The van der Waals surface area contributed by atoms with E-state index in [9.17, 15) is 9.90 Å². The predicted octanol–water partition coefficient (Wildman–Crippen LogP) is 1.93. The Balaban J connectivity index is 2.03. The Kier molecular flexibility index (Phi) is 5.20. The lowest BCUT2D eigenvalue weighted by molar-refractivity contribution is -0.143. The Morgan fingerprint density at radius 1 is 1.19 bits per heavy atom. The van der Waals surface area contributed by atoms with Crippen molar-refractivity contribution in [2.75, 3.05) is 26.2 Å². The highest BCUT2D eigenvalue weighted by atomic mass is 16.4. The predicted molar refractivity (Wildman–Crippen MR) is 81.4 cm³/mol. The summed E-state index contributed by atoms with van der Waals surface area (Å²) in [6.45, 7) is 6.99. The van der Waals surface area contributed by atoms with Crippen LogP contribution in [0.15, 0.2) is 24.3 Å². The molecular formula is C16H24N2O3. The summed E-state index contributed by atoms with van der Waals surface area (Å²) in [5, 5.41) is 19.1. The number of hydrogen-bond acceptors (Lipinski definition) is 4. The Hall–Kier alpha value is -1.59. The van der Waals surface area contributed by atoms with E-state index < -0.39 is 12.0 Å². The van der Waals surface area contributed by atoms with Crippen LogP contribution in [-0.2, 0) is 4.79 Å². The highest BCUT2D eigenvalue weighted by Crippen LogP contribution is 2.31. The minimum Gasteiger partial charge on any atom is -0.508 e. The number of aromatic hydroxyl groups is 1. The van der Waals surface area contributed by atoms with Gasteiger partial charge in [0.05, 0.1) is 0 Å². The van der Waals surface area contributed by atoms with Crippen molar-refractivity contribution in [3.8, 4) is 5.75 Å². The van der Waals surface area contributed by atoms with Crippen LogP contribution in [0.1, 0.15) is 31.9 Å². The van der Waals surface area contributed by atoms with Gasteiger partial charge in [0, 0.05) is 37.8 Å². The maximum Gasteiger partial charge on any atom is 0.320 e. The van der Waals surface area contributed by atoms with Gasteiger partial charge in [-0.15, -0.1) is 0 Å². The van der Waals surface area contributed by atoms with E-state index in [0.717, 1.165) is 38.2 Å². The topological polar surface area (TPSA) is 64.0 Å². The highest BCUT2D eigenvalue weighted by molar-refractivity contribution is 5.72. The fourth-order valence-electron chi connectivity index (χ4n) is 3.04. The molecule has 1 aliphatic heterocycles. The van der Waals surface area contributed by atoms with Gasteiger partial charge in [-0.05, 0) is 19.4 Å². The van der Waals surface area contributed by atoms with E-state index in [1.807, 2.05) is 23.1 Å². The van der Waals surface area contributed by atoms with Crippen LogP contribution in [0, 0.1) is 0 Å². The molecule has 1 aromatic carbocycles. The van der Waals surface area contributed by atoms with Crippen molar-refractivity contribution >= 4 is 5.97 Å². The van der Waals surface area contributed by atoms with Gasteiger partial charge in [0.25, 0.3) is 0 Å². The molecule has 5 nitrogen and oxygen atoms in total. The third-order valence-electron chi connectivity index (χ3n) is 4.38. The third kappa shape index (κ3) is 3.54. The molecule has 21 heavy (non-hydrogen) atoms. The molecule has 5 heteroatoms. The number of aliphatic carboxylic acids is 1. The zero-order valence-electron chi connectivity index (χ0n) is 12.7. The number of rotatable bonds is 5. The lowest BCUT2D eigenvalue weighted by Gasteiger charge is -2.40. The monoisotopic (exact) mass is 292 g/mol. The first-order valence-corrected chi connectivity index (χ1v) is 7.53. The number of para-hydroxylation sites is 1. The Morgan fingerprint density at radius 2 is 1.76 bits per heavy atom. The maximum atomic E-state index is 11.0. The molecule has 0 amide bonds. The molecule has 2 rings (SSSR count).